The van der Waals surface area contributed by atoms with E-state index in [4.69, 9.17) is 10.5 Å². The van der Waals surface area contributed by atoms with Gasteiger partial charge in [-0.2, -0.15) is 0 Å². The van der Waals surface area contributed by atoms with Crippen molar-refractivity contribution in [1.82, 2.24) is 4.90 Å². The largest absolute Gasteiger partial charge is 0.497 e. The minimum atomic E-state index is -0.227. The van der Waals surface area contributed by atoms with Crippen LogP contribution in [0.25, 0.3) is 0 Å². The van der Waals surface area contributed by atoms with Gasteiger partial charge in [0.15, 0.2) is 0 Å². The van der Waals surface area contributed by atoms with Gasteiger partial charge in [-0.3, -0.25) is 4.90 Å². The van der Waals surface area contributed by atoms with E-state index in [1.54, 1.807) is 12.1 Å². The number of nitrogens with two attached hydrogens (primary N) is 1. The molecule has 0 atom stereocenters. The molecule has 0 aliphatic rings. The summed E-state index contributed by atoms with van der Waals surface area (Å²) in [5, 5.41) is 0. The number of methoxy groups -OCH3 is 1. The highest BCUT2D eigenvalue weighted by Gasteiger charge is 2.08. The van der Waals surface area contributed by atoms with E-state index in [0.717, 1.165) is 13.1 Å². The van der Waals surface area contributed by atoms with Gasteiger partial charge in [-0.1, -0.05) is 13.0 Å². The average Bonchev–Trinajstić information content (AvgIpc) is 2.30. The Bertz CT molecular complexity index is 331. The van der Waals surface area contributed by atoms with Gasteiger partial charge in [-0.05, 0) is 12.6 Å². The van der Waals surface area contributed by atoms with Crippen molar-refractivity contribution in [3.8, 4) is 5.75 Å². The number of halogens is 1. The first-order chi connectivity index (χ1) is 7.71. The highest BCUT2D eigenvalue weighted by Crippen LogP contribution is 2.17. The zero-order valence-electron chi connectivity index (χ0n) is 9.87. The van der Waals surface area contributed by atoms with Crippen LogP contribution < -0.4 is 10.5 Å². The molecule has 0 heterocycles. The molecular formula is C12H19FN2O. The van der Waals surface area contributed by atoms with Crippen molar-refractivity contribution in [3.05, 3.63) is 29.6 Å². The van der Waals surface area contributed by atoms with Crippen LogP contribution in [0, 0.1) is 5.82 Å². The first kappa shape index (κ1) is 12.9. The van der Waals surface area contributed by atoms with Crippen molar-refractivity contribution in [1.29, 1.82) is 0 Å². The number of ether oxygens (including phenoxy) is 1. The van der Waals surface area contributed by atoms with E-state index in [0.29, 0.717) is 24.4 Å². The highest BCUT2D eigenvalue weighted by atomic mass is 19.1. The molecule has 0 spiro atoms. The molecular weight excluding hydrogens is 207 g/mol. The van der Waals surface area contributed by atoms with E-state index in [2.05, 4.69) is 4.90 Å². The van der Waals surface area contributed by atoms with Crippen LogP contribution in [0.5, 0.6) is 5.75 Å². The Kier molecular flexibility index (Phi) is 5.22. The lowest BCUT2D eigenvalue weighted by Gasteiger charge is -2.19. The maximum atomic E-state index is 13.6. The van der Waals surface area contributed by atoms with E-state index in [1.807, 2.05) is 6.92 Å². The summed E-state index contributed by atoms with van der Waals surface area (Å²) in [5.41, 5.74) is 6.16. The second-order valence-electron chi connectivity index (χ2n) is 3.61. The molecule has 0 aliphatic carbocycles. The Balaban J connectivity index is 2.72. The molecule has 2 N–H and O–H groups in total. The molecule has 1 aromatic rings. The molecule has 0 bridgehead atoms. The third-order valence-corrected chi connectivity index (χ3v) is 2.55. The van der Waals surface area contributed by atoms with Gasteiger partial charge < -0.3 is 10.5 Å². The van der Waals surface area contributed by atoms with Gasteiger partial charge in [0.05, 0.1) is 7.11 Å². The number of hydrogen-bond acceptors (Lipinski definition) is 3. The van der Waals surface area contributed by atoms with Gasteiger partial charge in [0.1, 0.15) is 11.6 Å². The molecule has 0 saturated carbocycles. The van der Waals surface area contributed by atoms with Crippen molar-refractivity contribution in [3.63, 3.8) is 0 Å². The smallest absolute Gasteiger partial charge is 0.131 e. The van der Waals surface area contributed by atoms with Crippen molar-refractivity contribution < 1.29 is 9.13 Å². The van der Waals surface area contributed by atoms with Crippen LogP contribution in [0.2, 0.25) is 0 Å². The quantitative estimate of drug-likeness (QED) is 0.801. The van der Waals surface area contributed by atoms with Gasteiger partial charge in [0.2, 0.25) is 0 Å². The minimum absolute atomic E-state index is 0.227. The molecule has 0 radical (unpaired) electrons. The first-order valence-electron chi connectivity index (χ1n) is 5.46. The summed E-state index contributed by atoms with van der Waals surface area (Å²) in [6.07, 6.45) is 0. The number of likely N-dealkylation sites (N-methyl/N-ethyl adjacent to an activating group) is 1. The fourth-order valence-corrected chi connectivity index (χ4v) is 1.56. The lowest BCUT2D eigenvalue weighted by molar-refractivity contribution is 0.283. The van der Waals surface area contributed by atoms with Gasteiger partial charge in [-0.25, -0.2) is 4.39 Å². The fraction of sp³-hybridized carbons (Fsp3) is 0.500. The van der Waals surface area contributed by atoms with Crippen molar-refractivity contribution in [2.75, 3.05) is 26.7 Å². The predicted molar refractivity (Wildman–Crippen MR) is 63.0 cm³/mol. The second-order valence-corrected chi connectivity index (χ2v) is 3.61. The minimum Gasteiger partial charge on any atom is -0.497 e. The van der Waals surface area contributed by atoms with Gasteiger partial charge in [-0.15, -0.1) is 0 Å². The van der Waals surface area contributed by atoms with E-state index in [1.165, 1.54) is 13.2 Å². The lowest BCUT2D eigenvalue weighted by atomic mass is 10.2. The van der Waals surface area contributed by atoms with Crippen LogP contribution in [0.15, 0.2) is 18.2 Å². The number of rotatable bonds is 6. The Morgan fingerprint density at radius 2 is 2.19 bits per heavy atom. The molecule has 0 amide bonds. The molecule has 0 unspecified atom stereocenters. The zero-order chi connectivity index (χ0) is 12.0. The van der Waals surface area contributed by atoms with Crippen LogP contribution in [0.3, 0.4) is 0 Å². The van der Waals surface area contributed by atoms with E-state index >= 15 is 0 Å². The normalized spacial score (nSPS) is 10.8. The topological polar surface area (TPSA) is 38.5 Å². The standard InChI is InChI=1S/C12H19FN2O/c1-3-15(7-6-14)9-10-4-5-11(16-2)8-12(10)13/h4-5,8H,3,6-7,9,14H2,1-2H3. The first-order valence-corrected chi connectivity index (χ1v) is 5.46. The summed E-state index contributed by atoms with van der Waals surface area (Å²) in [7, 11) is 1.53. The second kappa shape index (κ2) is 6.45. The molecule has 16 heavy (non-hydrogen) atoms. The summed E-state index contributed by atoms with van der Waals surface area (Å²) >= 11 is 0. The molecule has 1 aromatic carbocycles. The van der Waals surface area contributed by atoms with Crippen molar-refractivity contribution in [2.24, 2.45) is 5.73 Å². The number of nitrogens with zero attached hydrogens (tertiary/aromatic N) is 1. The van der Waals surface area contributed by atoms with Gasteiger partial charge in [0, 0.05) is 31.3 Å². The Hall–Kier alpha value is -1.13. The maximum absolute atomic E-state index is 13.6. The van der Waals surface area contributed by atoms with E-state index in [9.17, 15) is 4.39 Å². The molecule has 0 fully saturated rings. The van der Waals surface area contributed by atoms with Gasteiger partial charge in [0.25, 0.3) is 0 Å². The molecule has 0 saturated heterocycles. The van der Waals surface area contributed by atoms with Crippen molar-refractivity contribution >= 4 is 0 Å². The number of benzene rings is 1. The molecule has 90 valence electrons. The Labute approximate surface area is 96.0 Å². The monoisotopic (exact) mass is 226 g/mol. The van der Waals surface area contributed by atoms with Gasteiger partial charge >= 0.3 is 0 Å². The summed E-state index contributed by atoms with van der Waals surface area (Å²) < 4.78 is 18.6. The summed E-state index contributed by atoms with van der Waals surface area (Å²) in [5.74, 6) is 0.318. The lowest BCUT2D eigenvalue weighted by Crippen LogP contribution is -2.29. The third kappa shape index (κ3) is 3.47. The Morgan fingerprint density at radius 3 is 2.69 bits per heavy atom. The van der Waals surface area contributed by atoms with Crippen LogP contribution >= 0.6 is 0 Å². The average molecular weight is 226 g/mol. The number of hydrogen-bond donors (Lipinski definition) is 1. The molecule has 1 rings (SSSR count). The predicted octanol–water partition coefficient (Wildman–Crippen LogP) is 1.61. The molecule has 0 aliphatic heterocycles. The van der Waals surface area contributed by atoms with E-state index in [-0.39, 0.29) is 5.82 Å². The summed E-state index contributed by atoms with van der Waals surface area (Å²) in [6.45, 7) is 4.86. The van der Waals surface area contributed by atoms with E-state index < -0.39 is 0 Å². The SMILES string of the molecule is CCN(CCN)Cc1ccc(OC)cc1F. The Morgan fingerprint density at radius 1 is 1.44 bits per heavy atom. The van der Waals surface area contributed by atoms with Crippen LogP contribution in [-0.4, -0.2) is 31.6 Å². The summed E-state index contributed by atoms with van der Waals surface area (Å²) in [4.78, 5) is 2.10. The fourth-order valence-electron chi connectivity index (χ4n) is 1.56. The van der Waals surface area contributed by atoms with Crippen LogP contribution in [0.4, 0.5) is 4.39 Å². The van der Waals surface area contributed by atoms with Crippen LogP contribution in [0.1, 0.15) is 12.5 Å². The van der Waals surface area contributed by atoms with Crippen LogP contribution in [-0.2, 0) is 6.54 Å². The molecule has 4 heteroatoms. The molecule has 0 aromatic heterocycles. The zero-order valence-corrected chi connectivity index (χ0v) is 9.87. The third-order valence-electron chi connectivity index (χ3n) is 2.55. The molecule has 3 nitrogen and oxygen atoms in total. The maximum Gasteiger partial charge on any atom is 0.131 e. The highest BCUT2D eigenvalue weighted by molar-refractivity contribution is 5.28. The van der Waals surface area contributed by atoms with Crippen molar-refractivity contribution in [2.45, 2.75) is 13.5 Å². The summed E-state index contributed by atoms with van der Waals surface area (Å²) in [6, 6.07) is 4.94.